The van der Waals surface area contributed by atoms with Gasteiger partial charge >= 0.3 is 0 Å². The minimum Gasteiger partial charge on any atom is -0.306 e. The van der Waals surface area contributed by atoms with Gasteiger partial charge in [0.05, 0.1) is 15.9 Å². The Bertz CT molecular complexity index is 545. The average molecular weight is 342 g/mol. The fraction of sp³-hybridized carbons (Fsp3) is 0.500. The van der Waals surface area contributed by atoms with Crippen LogP contribution in [-0.2, 0) is 33.0 Å². The van der Waals surface area contributed by atoms with Crippen molar-refractivity contribution in [2.24, 2.45) is 7.05 Å². The largest absolute Gasteiger partial charge is 0.306 e. The third-order valence-corrected chi connectivity index (χ3v) is 5.18. The Hall–Kier alpha value is -0.650. The summed E-state index contributed by atoms with van der Waals surface area (Å²) in [5.41, 5.74) is 3.80. The Kier molecular flexibility index (Phi) is 5.19. The van der Waals surface area contributed by atoms with Crippen molar-refractivity contribution in [1.29, 1.82) is 0 Å². The Balaban J connectivity index is 1.98. The van der Waals surface area contributed by atoms with E-state index in [0.29, 0.717) is 0 Å². The smallest absolute Gasteiger partial charge is 0.0767 e. The predicted molar refractivity (Wildman–Crippen MR) is 84.5 cm³/mol. The molecule has 0 aromatic carbocycles. The molecule has 5 heteroatoms. The molecule has 0 fully saturated rings. The quantitative estimate of drug-likeness (QED) is 0.868. The molecule has 0 bridgehead atoms. The van der Waals surface area contributed by atoms with Crippen LogP contribution in [0.1, 0.15) is 35.7 Å². The van der Waals surface area contributed by atoms with E-state index in [9.17, 15) is 0 Å². The lowest BCUT2D eigenvalue weighted by Gasteiger charge is -2.06. The van der Waals surface area contributed by atoms with Gasteiger partial charge in [-0.1, -0.05) is 13.8 Å². The van der Waals surface area contributed by atoms with Gasteiger partial charge in [0.2, 0.25) is 0 Å². The molecule has 0 aliphatic rings. The molecule has 0 spiro atoms. The number of nitrogens with one attached hydrogen (secondary N) is 1. The summed E-state index contributed by atoms with van der Waals surface area (Å²) in [4.78, 5) is 1.44. The molecule has 0 unspecified atom stereocenters. The molecule has 2 rings (SSSR count). The second-order valence-electron chi connectivity index (χ2n) is 4.51. The van der Waals surface area contributed by atoms with Gasteiger partial charge in [0.25, 0.3) is 0 Å². The third-order valence-electron chi connectivity index (χ3n) is 3.30. The highest BCUT2D eigenvalue weighted by molar-refractivity contribution is 9.10. The maximum absolute atomic E-state index is 4.51. The van der Waals surface area contributed by atoms with E-state index < -0.39 is 0 Å². The van der Waals surface area contributed by atoms with Crippen LogP contribution in [0.15, 0.2) is 15.9 Å². The van der Waals surface area contributed by atoms with Gasteiger partial charge in [-0.25, -0.2) is 0 Å². The van der Waals surface area contributed by atoms with Crippen molar-refractivity contribution in [3.05, 3.63) is 37.7 Å². The first-order valence-corrected chi connectivity index (χ1v) is 8.30. The van der Waals surface area contributed by atoms with Crippen molar-refractivity contribution in [3.8, 4) is 0 Å². The minimum absolute atomic E-state index is 0.838. The molecule has 0 amide bonds. The zero-order chi connectivity index (χ0) is 13.8. The Morgan fingerprint density at radius 3 is 2.74 bits per heavy atom. The van der Waals surface area contributed by atoms with E-state index in [1.165, 1.54) is 16.1 Å². The lowest BCUT2D eigenvalue weighted by atomic mass is 10.2. The zero-order valence-corrected chi connectivity index (χ0v) is 14.1. The molecule has 2 aromatic heterocycles. The molecule has 1 N–H and O–H groups in total. The lowest BCUT2D eigenvalue weighted by molar-refractivity contribution is 0.624. The SMILES string of the molecule is CCc1ccsc1CNCc1c(Br)c(CC)nn1C. The van der Waals surface area contributed by atoms with Gasteiger partial charge in [0, 0.05) is 25.0 Å². The van der Waals surface area contributed by atoms with Gasteiger partial charge in [0.15, 0.2) is 0 Å². The third kappa shape index (κ3) is 3.27. The highest BCUT2D eigenvalue weighted by Crippen LogP contribution is 2.22. The molecule has 0 saturated heterocycles. The van der Waals surface area contributed by atoms with E-state index in [0.717, 1.165) is 36.1 Å². The van der Waals surface area contributed by atoms with Crippen molar-refractivity contribution >= 4 is 27.3 Å². The summed E-state index contributed by atoms with van der Waals surface area (Å²) >= 11 is 5.48. The summed E-state index contributed by atoms with van der Waals surface area (Å²) in [7, 11) is 2.00. The molecule has 0 saturated carbocycles. The second-order valence-corrected chi connectivity index (χ2v) is 6.30. The van der Waals surface area contributed by atoms with Crippen LogP contribution in [0.3, 0.4) is 0 Å². The van der Waals surface area contributed by atoms with Crippen LogP contribution >= 0.6 is 27.3 Å². The van der Waals surface area contributed by atoms with E-state index in [1.54, 1.807) is 0 Å². The summed E-state index contributed by atoms with van der Waals surface area (Å²) in [6, 6.07) is 2.22. The molecule has 2 heterocycles. The lowest BCUT2D eigenvalue weighted by Crippen LogP contribution is -2.15. The molecule has 0 radical (unpaired) electrons. The summed E-state index contributed by atoms with van der Waals surface area (Å²) in [6.07, 6.45) is 2.06. The van der Waals surface area contributed by atoms with Crippen LogP contribution in [-0.4, -0.2) is 9.78 Å². The molecule has 104 valence electrons. The number of halogens is 1. The van der Waals surface area contributed by atoms with Crippen molar-refractivity contribution < 1.29 is 0 Å². The molecule has 0 atom stereocenters. The topological polar surface area (TPSA) is 29.9 Å². The van der Waals surface area contributed by atoms with E-state index in [1.807, 2.05) is 23.1 Å². The van der Waals surface area contributed by atoms with Crippen LogP contribution in [0.4, 0.5) is 0 Å². The molecular formula is C14H20BrN3S. The van der Waals surface area contributed by atoms with Gasteiger partial charge in [-0.05, 0) is 45.8 Å². The van der Waals surface area contributed by atoms with Gasteiger partial charge in [0.1, 0.15) is 0 Å². The van der Waals surface area contributed by atoms with Crippen LogP contribution in [0.25, 0.3) is 0 Å². The number of aromatic nitrogens is 2. The summed E-state index contributed by atoms with van der Waals surface area (Å²) < 4.78 is 3.11. The number of hydrogen-bond acceptors (Lipinski definition) is 3. The van der Waals surface area contributed by atoms with Gasteiger partial charge in [-0.3, -0.25) is 4.68 Å². The van der Waals surface area contributed by atoms with Gasteiger partial charge in [-0.15, -0.1) is 11.3 Å². The first-order chi connectivity index (χ1) is 9.17. The average Bonchev–Trinajstić information content (AvgIpc) is 2.96. The van der Waals surface area contributed by atoms with Crippen LogP contribution in [0.2, 0.25) is 0 Å². The second kappa shape index (κ2) is 6.68. The van der Waals surface area contributed by atoms with E-state index in [2.05, 4.69) is 51.6 Å². The van der Waals surface area contributed by atoms with Gasteiger partial charge < -0.3 is 5.32 Å². The maximum Gasteiger partial charge on any atom is 0.0767 e. The number of aryl methyl sites for hydroxylation is 3. The zero-order valence-electron chi connectivity index (χ0n) is 11.7. The highest BCUT2D eigenvalue weighted by atomic mass is 79.9. The Labute approximate surface area is 127 Å². The van der Waals surface area contributed by atoms with Crippen molar-refractivity contribution in [2.75, 3.05) is 0 Å². The minimum atomic E-state index is 0.838. The summed E-state index contributed by atoms with van der Waals surface area (Å²) in [6.45, 7) is 6.10. The van der Waals surface area contributed by atoms with E-state index in [4.69, 9.17) is 0 Å². The molecular weight excluding hydrogens is 322 g/mol. The monoisotopic (exact) mass is 341 g/mol. The fourth-order valence-electron chi connectivity index (χ4n) is 2.14. The van der Waals surface area contributed by atoms with Crippen molar-refractivity contribution in [1.82, 2.24) is 15.1 Å². The van der Waals surface area contributed by atoms with Gasteiger partial charge in [-0.2, -0.15) is 5.10 Å². The van der Waals surface area contributed by atoms with E-state index in [-0.39, 0.29) is 0 Å². The summed E-state index contributed by atoms with van der Waals surface area (Å²) in [5.74, 6) is 0. The Morgan fingerprint density at radius 2 is 2.11 bits per heavy atom. The molecule has 0 aliphatic heterocycles. The standard InChI is InChI=1S/C14H20BrN3S/c1-4-10-6-7-19-13(10)9-16-8-12-14(15)11(5-2)17-18(12)3/h6-7,16H,4-5,8-9H2,1-3H3. The molecule has 3 nitrogen and oxygen atoms in total. The predicted octanol–water partition coefficient (Wildman–Crippen LogP) is 3.66. The first kappa shape index (κ1) is 14.8. The van der Waals surface area contributed by atoms with Crippen molar-refractivity contribution in [3.63, 3.8) is 0 Å². The maximum atomic E-state index is 4.51. The number of rotatable bonds is 6. The fourth-order valence-corrected chi connectivity index (χ4v) is 3.85. The van der Waals surface area contributed by atoms with Crippen LogP contribution in [0.5, 0.6) is 0 Å². The van der Waals surface area contributed by atoms with Crippen molar-refractivity contribution in [2.45, 2.75) is 39.8 Å². The number of hydrogen-bond donors (Lipinski definition) is 1. The van der Waals surface area contributed by atoms with Crippen LogP contribution < -0.4 is 5.32 Å². The van der Waals surface area contributed by atoms with E-state index >= 15 is 0 Å². The highest BCUT2D eigenvalue weighted by Gasteiger charge is 2.12. The number of nitrogens with zero attached hydrogens (tertiary/aromatic N) is 2. The molecule has 2 aromatic rings. The summed E-state index contributed by atoms with van der Waals surface area (Å²) in [5, 5.41) is 10.2. The molecule has 0 aliphatic carbocycles. The van der Waals surface area contributed by atoms with Crippen LogP contribution in [0, 0.1) is 0 Å². The normalized spacial score (nSPS) is 11.2. The molecule has 19 heavy (non-hydrogen) atoms. The number of thiophene rings is 1. The first-order valence-electron chi connectivity index (χ1n) is 6.63. The Morgan fingerprint density at radius 1 is 1.32 bits per heavy atom.